The van der Waals surface area contributed by atoms with Crippen LogP contribution in [0.4, 0.5) is 4.39 Å². The number of ether oxygens (including phenoxy) is 3. The van der Waals surface area contributed by atoms with Gasteiger partial charge in [-0.05, 0) is 135 Å². The van der Waals surface area contributed by atoms with Gasteiger partial charge in [0.25, 0.3) is 0 Å². The Morgan fingerprint density at radius 1 is 0.760 bits per heavy atom. The summed E-state index contributed by atoms with van der Waals surface area (Å²) in [4.78, 5) is 0. The molecule has 274 valence electrons. The lowest BCUT2D eigenvalue weighted by Crippen LogP contribution is -2.41. The molecule has 1 aliphatic carbocycles. The number of unbranched alkanes of at least 4 members (excludes halogenated alkanes) is 2. The molecule has 0 aromatic heterocycles. The fourth-order valence-electron chi connectivity index (χ4n) is 7.98. The van der Waals surface area contributed by atoms with Crippen LogP contribution in [0.15, 0.2) is 48.5 Å². The molecule has 0 spiro atoms. The minimum atomic E-state index is -0.580. The molecule has 1 heterocycles. The maximum absolute atomic E-state index is 15.7. The normalized spacial score (nSPS) is 19.5. The zero-order valence-electron chi connectivity index (χ0n) is 31.1. The Kier molecular flexibility index (Phi) is 14.3. The molecule has 0 atom stereocenters. The number of rotatable bonds is 17. The lowest BCUT2D eigenvalue weighted by Gasteiger charge is -2.35. The number of halogens is 1. The van der Waals surface area contributed by atoms with Crippen molar-refractivity contribution < 1.29 is 28.8 Å². The maximum Gasteiger partial charge on any atom is 0.162 e. The first kappa shape index (κ1) is 38.5. The quantitative estimate of drug-likeness (QED) is 0.138. The van der Waals surface area contributed by atoms with Crippen molar-refractivity contribution in [3.05, 3.63) is 76.6 Å². The van der Waals surface area contributed by atoms with Gasteiger partial charge in [0.2, 0.25) is 0 Å². The molecule has 5 rings (SSSR count). The Labute approximate surface area is 300 Å². The number of aliphatic hydroxyl groups excluding tert-OH is 2. The van der Waals surface area contributed by atoms with Gasteiger partial charge in [0, 0.05) is 24.7 Å². The molecule has 1 saturated heterocycles. The van der Waals surface area contributed by atoms with Crippen LogP contribution in [0.25, 0.3) is 22.3 Å². The van der Waals surface area contributed by atoms with E-state index in [-0.39, 0.29) is 24.9 Å². The Hall–Kier alpha value is -2.77. The fourth-order valence-corrected chi connectivity index (χ4v) is 7.98. The summed E-state index contributed by atoms with van der Waals surface area (Å²) in [5.74, 6) is 1.55. The van der Waals surface area contributed by atoms with E-state index in [0.717, 1.165) is 64.3 Å². The summed E-state index contributed by atoms with van der Waals surface area (Å²) in [7, 11) is 0. The van der Waals surface area contributed by atoms with Crippen LogP contribution in [-0.4, -0.2) is 49.0 Å². The van der Waals surface area contributed by atoms with E-state index in [1.165, 1.54) is 44.1 Å². The van der Waals surface area contributed by atoms with Crippen LogP contribution in [0.3, 0.4) is 0 Å². The summed E-state index contributed by atoms with van der Waals surface area (Å²) in [6.07, 6.45) is 13.6. The van der Waals surface area contributed by atoms with E-state index < -0.39 is 5.79 Å². The fraction of sp³-hybridized carbons (Fsp3) is 0.591. The average Bonchev–Trinajstić information content (AvgIpc) is 3.13. The van der Waals surface area contributed by atoms with Gasteiger partial charge in [-0.2, -0.15) is 0 Å². The van der Waals surface area contributed by atoms with Crippen LogP contribution in [0.2, 0.25) is 0 Å². The van der Waals surface area contributed by atoms with E-state index in [1.807, 2.05) is 32.0 Å². The van der Waals surface area contributed by atoms with Crippen LogP contribution in [-0.2, 0) is 28.7 Å². The SMILES string of the molecule is CCCCCC1CCC(c2ccc(-c3ccc(-c4cc(CCCO)c(OCC5COC(C)(C)OC5)c(CCCO)c4CC)cc3)c(F)c2)CC1. The molecule has 0 unspecified atom stereocenters. The highest BCUT2D eigenvalue weighted by Gasteiger charge is 2.29. The highest BCUT2D eigenvalue weighted by Crippen LogP contribution is 2.41. The van der Waals surface area contributed by atoms with Crippen LogP contribution >= 0.6 is 0 Å². The Morgan fingerprint density at radius 3 is 2.04 bits per heavy atom. The van der Waals surface area contributed by atoms with Crippen molar-refractivity contribution in [1.82, 2.24) is 0 Å². The van der Waals surface area contributed by atoms with E-state index in [4.69, 9.17) is 14.2 Å². The number of aryl methyl sites for hydroxylation is 1. The molecule has 5 nitrogen and oxygen atoms in total. The predicted octanol–water partition coefficient (Wildman–Crippen LogP) is 10.2. The van der Waals surface area contributed by atoms with Crippen molar-refractivity contribution in [3.63, 3.8) is 0 Å². The van der Waals surface area contributed by atoms with Gasteiger partial charge in [-0.1, -0.05) is 75.9 Å². The Bertz CT molecular complexity index is 1480. The lowest BCUT2D eigenvalue weighted by atomic mass is 9.77. The highest BCUT2D eigenvalue weighted by molar-refractivity contribution is 5.75. The van der Waals surface area contributed by atoms with E-state index in [9.17, 15) is 10.2 Å². The third-order valence-electron chi connectivity index (χ3n) is 10.9. The first-order chi connectivity index (χ1) is 24.3. The number of benzene rings is 3. The summed E-state index contributed by atoms with van der Waals surface area (Å²) in [5.41, 5.74) is 8.21. The third kappa shape index (κ3) is 9.97. The molecule has 0 bridgehead atoms. The van der Waals surface area contributed by atoms with Gasteiger partial charge < -0.3 is 24.4 Å². The summed E-state index contributed by atoms with van der Waals surface area (Å²) >= 11 is 0. The van der Waals surface area contributed by atoms with Crippen LogP contribution in [0, 0.1) is 17.7 Å². The topological polar surface area (TPSA) is 68.2 Å². The average molecular weight is 689 g/mol. The van der Waals surface area contributed by atoms with Crippen molar-refractivity contribution in [3.8, 4) is 28.0 Å². The van der Waals surface area contributed by atoms with Crippen molar-refractivity contribution >= 4 is 0 Å². The van der Waals surface area contributed by atoms with Crippen LogP contribution < -0.4 is 4.74 Å². The third-order valence-corrected chi connectivity index (χ3v) is 10.9. The Morgan fingerprint density at radius 2 is 1.42 bits per heavy atom. The standard InChI is InChI=1S/C44H61FO5/c1-5-7-8-11-31-14-16-33(17-15-31)36-22-23-39(42(45)27-36)34-18-20-35(21-19-34)41-26-37(12-9-24-46)43(40(13-10-25-47)38(41)6-2)48-28-32-29-49-44(3,4)50-30-32/h18-23,26-27,31-33,46-47H,5-17,24-25,28-30H2,1-4H3. The molecule has 3 aromatic carbocycles. The minimum absolute atomic E-state index is 0.0923. The van der Waals surface area contributed by atoms with Crippen molar-refractivity contribution in [2.45, 2.75) is 123 Å². The van der Waals surface area contributed by atoms with Gasteiger partial charge in [-0.25, -0.2) is 4.39 Å². The van der Waals surface area contributed by atoms with E-state index in [1.54, 1.807) is 6.07 Å². The second-order valence-electron chi connectivity index (χ2n) is 15.1. The molecule has 50 heavy (non-hydrogen) atoms. The van der Waals surface area contributed by atoms with Gasteiger partial charge in [0.05, 0.1) is 19.8 Å². The number of hydrogen-bond donors (Lipinski definition) is 2. The molecule has 6 heteroatoms. The molecular weight excluding hydrogens is 627 g/mol. The molecule has 0 radical (unpaired) electrons. The molecule has 2 aliphatic rings. The van der Waals surface area contributed by atoms with Gasteiger partial charge in [-0.3, -0.25) is 0 Å². The molecule has 2 fully saturated rings. The first-order valence-electron chi connectivity index (χ1n) is 19.5. The van der Waals surface area contributed by atoms with Crippen LogP contribution in [0.5, 0.6) is 5.75 Å². The lowest BCUT2D eigenvalue weighted by molar-refractivity contribution is -0.264. The maximum atomic E-state index is 15.7. The predicted molar refractivity (Wildman–Crippen MR) is 201 cm³/mol. The molecular formula is C44H61FO5. The number of aliphatic hydroxyl groups is 2. The summed E-state index contributed by atoms with van der Waals surface area (Å²) in [5, 5.41) is 19.6. The molecule has 1 aliphatic heterocycles. The minimum Gasteiger partial charge on any atom is -0.493 e. The smallest absolute Gasteiger partial charge is 0.162 e. The van der Waals surface area contributed by atoms with Crippen LogP contribution in [0.1, 0.15) is 120 Å². The zero-order chi connectivity index (χ0) is 35.5. The summed E-state index contributed by atoms with van der Waals surface area (Å²) < 4.78 is 34.1. The van der Waals surface area contributed by atoms with E-state index in [2.05, 4.69) is 38.1 Å². The molecule has 1 saturated carbocycles. The monoisotopic (exact) mass is 688 g/mol. The highest BCUT2D eigenvalue weighted by atomic mass is 19.1. The molecule has 0 amide bonds. The van der Waals surface area contributed by atoms with E-state index >= 15 is 4.39 Å². The second kappa shape index (κ2) is 18.6. The molecule has 2 N–H and O–H groups in total. The van der Waals surface area contributed by atoms with Gasteiger partial charge >= 0.3 is 0 Å². The molecule has 3 aromatic rings. The van der Waals surface area contributed by atoms with Gasteiger partial charge in [0.15, 0.2) is 5.79 Å². The summed E-state index contributed by atoms with van der Waals surface area (Å²) in [6.45, 7) is 10.1. The van der Waals surface area contributed by atoms with E-state index in [0.29, 0.717) is 57.0 Å². The van der Waals surface area contributed by atoms with Crippen molar-refractivity contribution in [2.24, 2.45) is 11.8 Å². The summed E-state index contributed by atoms with van der Waals surface area (Å²) in [6, 6.07) is 16.4. The van der Waals surface area contributed by atoms with Crippen molar-refractivity contribution in [1.29, 1.82) is 0 Å². The van der Waals surface area contributed by atoms with Crippen molar-refractivity contribution in [2.75, 3.05) is 33.0 Å². The zero-order valence-corrected chi connectivity index (χ0v) is 31.1. The number of hydrogen-bond acceptors (Lipinski definition) is 5. The Balaban J connectivity index is 1.37. The largest absolute Gasteiger partial charge is 0.493 e. The van der Waals surface area contributed by atoms with Gasteiger partial charge in [-0.15, -0.1) is 0 Å². The van der Waals surface area contributed by atoms with Gasteiger partial charge in [0.1, 0.15) is 11.6 Å². The second-order valence-corrected chi connectivity index (χ2v) is 15.1. The first-order valence-corrected chi connectivity index (χ1v) is 19.5.